The lowest BCUT2D eigenvalue weighted by atomic mass is 10.1. The topological polar surface area (TPSA) is 66.7 Å². The number of benzene rings is 3. The van der Waals surface area contributed by atoms with Crippen molar-refractivity contribution in [2.45, 2.75) is 0 Å². The predicted molar refractivity (Wildman–Crippen MR) is 119 cm³/mol. The number of hydrogen-bond donors (Lipinski definition) is 2. The molecule has 2 N–H and O–H groups in total. The first kappa shape index (κ1) is 18.7. The molecule has 0 saturated carbocycles. The molecule has 6 heteroatoms. The Morgan fingerprint density at radius 3 is 2.34 bits per heavy atom. The van der Waals surface area contributed by atoms with Gasteiger partial charge in [-0.2, -0.15) is 5.10 Å². The fraction of sp³-hybridized carbons (Fsp3) is 0.0435. The number of anilines is 1. The third-order valence-corrected chi connectivity index (χ3v) is 5.30. The summed E-state index contributed by atoms with van der Waals surface area (Å²) >= 11 is 1.55. The minimum absolute atomic E-state index is 0.0949. The van der Waals surface area contributed by atoms with Crippen LogP contribution in [0.25, 0.3) is 21.7 Å². The van der Waals surface area contributed by atoms with Crippen LogP contribution in [0.2, 0.25) is 0 Å². The Morgan fingerprint density at radius 1 is 0.966 bits per heavy atom. The lowest BCUT2D eigenvalue weighted by molar-refractivity contribution is 0.373. The SMILES string of the molecule is COc1cc(/C=N\Nc2nc(-c3ccccc3)c(-c3ccccc3)s2)ccc1O. The summed E-state index contributed by atoms with van der Waals surface area (Å²) in [6.07, 6.45) is 1.66. The molecule has 3 aromatic carbocycles. The van der Waals surface area contributed by atoms with Gasteiger partial charge in [0.25, 0.3) is 0 Å². The van der Waals surface area contributed by atoms with Crippen LogP contribution in [0.15, 0.2) is 84.0 Å². The van der Waals surface area contributed by atoms with Crippen molar-refractivity contribution in [2.24, 2.45) is 5.10 Å². The zero-order chi connectivity index (χ0) is 20.1. The molecule has 0 radical (unpaired) electrons. The first-order valence-corrected chi connectivity index (χ1v) is 9.84. The van der Waals surface area contributed by atoms with Crippen LogP contribution >= 0.6 is 11.3 Å². The van der Waals surface area contributed by atoms with Crippen molar-refractivity contribution in [2.75, 3.05) is 12.5 Å². The molecule has 29 heavy (non-hydrogen) atoms. The van der Waals surface area contributed by atoms with Gasteiger partial charge in [-0.05, 0) is 29.3 Å². The molecule has 0 spiro atoms. The van der Waals surface area contributed by atoms with Crippen LogP contribution in [0.3, 0.4) is 0 Å². The fourth-order valence-electron chi connectivity index (χ4n) is 2.88. The highest BCUT2D eigenvalue weighted by molar-refractivity contribution is 7.19. The van der Waals surface area contributed by atoms with Crippen LogP contribution in [0.4, 0.5) is 5.13 Å². The van der Waals surface area contributed by atoms with E-state index < -0.39 is 0 Å². The molecule has 1 heterocycles. The van der Waals surface area contributed by atoms with Crippen molar-refractivity contribution in [1.82, 2.24) is 4.98 Å². The van der Waals surface area contributed by atoms with E-state index in [9.17, 15) is 5.11 Å². The lowest BCUT2D eigenvalue weighted by Crippen LogP contribution is -1.91. The Bertz CT molecular complexity index is 1070. The van der Waals surface area contributed by atoms with E-state index in [0.717, 1.165) is 27.3 Å². The average molecular weight is 401 g/mol. The number of hydrazone groups is 1. The van der Waals surface area contributed by atoms with E-state index >= 15 is 0 Å². The molecule has 144 valence electrons. The van der Waals surface area contributed by atoms with Gasteiger partial charge in [-0.1, -0.05) is 72.0 Å². The summed E-state index contributed by atoms with van der Waals surface area (Å²) < 4.78 is 5.12. The summed E-state index contributed by atoms with van der Waals surface area (Å²) in [7, 11) is 1.51. The molecular formula is C23H19N3O2S. The van der Waals surface area contributed by atoms with Gasteiger partial charge in [0.15, 0.2) is 11.5 Å². The van der Waals surface area contributed by atoms with E-state index in [1.807, 2.05) is 36.4 Å². The first-order valence-electron chi connectivity index (χ1n) is 9.02. The van der Waals surface area contributed by atoms with Gasteiger partial charge in [0, 0.05) is 5.56 Å². The second-order valence-electron chi connectivity index (χ2n) is 6.23. The molecule has 0 bridgehead atoms. The highest BCUT2D eigenvalue weighted by atomic mass is 32.1. The number of hydrogen-bond acceptors (Lipinski definition) is 6. The molecule has 4 rings (SSSR count). The van der Waals surface area contributed by atoms with Gasteiger partial charge in [0.2, 0.25) is 5.13 Å². The first-order chi connectivity index (χ1) is 14.2. The maximum atomic E-state index is 9.69. The number of nitrogens with one attached hydrogen (secondary N) is 1. The lowest BCUT2D eigenvalue weighted by Gasteiger charge is -2.03. The molecule has 0 atom stereocenters. The fourth-order valence-corrected chi connectivity index (χ4v) is 3.82. The second-order valence-corrected chi connectivity index (χ2v) is 7.23. The summed E-state index contributed by atoms with van der Waals surface area (Å²) in [6, 6.07) is 25.4. The summed E-state index contributed by atoms with van der Waals surface area (Å²) in [6.45, 7) is 0. The number of aromatic hydroxyl groups is 1. The number of phenols is 1. The zero-order valence-electron chi connectivity index (χ0n) is 15.7. The van der Waals surface area contributed by atoms with Crippen LogP contribution in [0, 0.1) is 0 Å². The number of rotatable bonds is 6. The van der Waals surface area contributed by atoms with Gasteiger partial charge < -0.3 is 9.84 Å². The zero-order valence-corrected chi connectivity index (χ0v) is 16.6. The van der Waals surface area contributed by atoms with E-state index in [0.29, 0.717) is 10.9 Å². The monoisotopic (exact) mass is 401 g/mol. The van der Waals surface area contributed by atoms with Gasteiger partial charge in [-0.15, -0.1) is 0 Å². The Balaban J connectivity index is 1.62. The molecule has 0 saturated heterocycles. The van der Waals surface area contributed by atoms with Crippen LogP contribution in [0.5, 0.6) is 11.5 Å². The minimum atomic E-state index is 0.0949. The Kier molecular flexibility index (Phi) is 5.54. The van der Waals surface area contributed by atoms with Crippen molar-refractivity contribution < 1.29 is 9.84 Å². The Hall–Kier alpha value is -3.64. The summed E-state index contributed by atoms with van der Waals surface area (Å²) in [5, 5.41) is 14.7. The number of phenolic OH excluding ortho intramolecular Hbond substituents is 1. The number of methoxy groups -OCH3 is 1. The molecule has 4 aromatic rings. The maximum Gasteiger partial charge on any atom is 0.204 e. The van der Waals surface area contributed by atoms with Crippen molar-refractivity contribution in [3.63, 3.8) is 0 Å². The molecule has 0 aliphatic heterocycles. The van der Waals surface area contributed by atoms with Crippen LogP contribution in [0.1, 0.15) is 5.56 Å². The average Bonchev–Trinajstić information content (AvgIpc) is 3.20. The van der Waals surface area contributed by atoms with Crippen LogP contribution in [-0.2, 0) is 0 Å². The molecular weight excluding hydrogens is 382 g/mol. The molecule has 0 fully saturated rings. The summed E-state index contributed by atoms with van der Waals surface area (Å²) in [5.41, 5.74) is 6.92. The van der Waals surface area contributed by atoms with Gasteiger partial charge in [-0.25, -0.2) is 4.98 Å². The summed E-state index contributed by atoms with van der Waals surface area (Å²) in [5.74, 6) is 0.499. The molecule has 0 unspecified atom stereocenters. The smallest absolute Gasteiger partial charge is 0.204 e. The normalized spacial score (nSPS) is 10.9. The minimum Gasteiger partial charge on any atom is -0.504 e. The van der Waals surface area contributed by atoms with Crippen LogP contribution in [-0.4, -0.2) is 23.4 Å². The second kappa shape index (κ2) is 8.58. The van der Waals surface area contributed by atoms with E-state index in [1.54, 1.807) is 35.8 Å². The van der Waals surface area contributed by atoms with E-state index in [2.05, 4.69) is 34.8 Å². The molecule has 0 amide bonds. The number of ether oxygens (including phenoxy) is 1. The van der Waals surface area contributed by atoms with Gasteiger partial charge in [0.05, 0.1) is 23.9 Å². The highest BCUT2D eigenvalue weighted by Gasteiger charge is 2.14. The largest absolute Gasteiger partial charge is 0.504 e. The van der Waals surface area contributed by atoms with Gasteiger partial charge in [0.1, 0.15) is 0 Å². The highest BCUT2D eigenvalue weighted by Crippen LogP contribution is 2.38. The third kappa shape index (κ3) is 4.28. The van der Waals surface area contributed by atoms with Crippen molar-refractivity contribution in [3.05, 3.63) is 84.4 Å². The molecule has 0 aliphatic rings. The van der Waals surface area contributed by atoms with E-state index in [4.69, 9.17) is 9.72 Å². The third-order valence-electron chi connectivity index (χ3n) is 4.29. The Morgan fingerprint density at radius 2 is 1.66 bits per heavy atom. The van der Waals surface area contributed by atoms with E-state index in [1.165, 1.54) is 7.11 Å². The van der Waals surface area contributed by atoms with Crippen molar-refractivity contribution in [1.29, 1.82) is 0 Å². The van der Waals surface area contributed by atoms with Crippen LogP contribution < -0.4 is 10.2 Å². The standard InChI is InChI=1S/C23H19N3O2S/c1-28-20-14-16(12-13-19(20)27)15-24-26-23-25-21(17-8-4-2-5-9-17)22(29-23)18-10-6-3-7-11-18/h2-15,27H,1H3,(H,25,26)/b24-15-. The van der Waals surface area contributed by atoms with E-state index in [-0.39, 0.29) is 5.75 Å². The van der Waals surface area contributed by atoms with Crippen molar-refractivity contribution >= 4 is 22.7 Å². The molecule has 5 nitrogen and oxygen atoms in total. The number of aromatic nitrogens is 1. The van der Waals surface area contributed by atoms with Crippen molar-refractivity contribution in [3.8, 4) is 33.2 Å². The summed E-state index contributed by atoms with van der Waals surface area (Å²) in [4.78, 5) is 5.85. The molecule has 0 aliphatic carbocycles. The molecule has 1 aromatic heterocycles. The van der Waals surface area contributed by atoms with Gasteiger partial charge >= 0.3 is 0 Å². The number of nitrogens with zero attached hydrogens (tertiary/aromatic N) is 2. The quantitative estimate of drug-likeness (QED) is 0.324. The Labute approximate surface area is 173 Å². The maximum absolute atomic E-state index is 9.69. The number of thiazole rings is 1. The predicted octanol–water partition coefficient (Wildman–Crippen LogP) is 5.64. The van der Waals surface area contributed by atoms with Gasteiger partial charge in [-0.3, -0.25) is 5.43 Å².